The lowest BCUT2D eigenvalue weighted by Crippen LogP contribution is -2.29. The predicted molar refractivity (Wildman–Crippen MR) is 68.0 cm³/mol. The van der Waals surface area contributed by atoms with E-state index in [2.05, 4.69) is 24.1 Å². The van der Waals surface area contributed by atoms with Gasteiger partial charge in [0.15, 0.2) is 11.6 Å². The van der Waals surface area contributed by atoms with Gasteiger partial charge in [0.05, 0.1) is 5.56 Å². The Balaban J connectivity index is 2.24. The van der Waals surface area contributed by atoms with E-state index in [1.807, 2.05) is 0 Å². The lowest BCUT2D eigenvalue weighted by Gasteiger charge is -2.17. The molecule has 1 aliphatic heterocycles. The fourth-order valence-corrected chi connectivity index (χ4v) is 2.25. The summed E-state index contributed by atoms with van der Waals surface area (Å²) in [4.78, 5) is 17.8. The van der Waals surface area contributed by atoms with Gasteiger partial charge in [-0.25, -0.2) is 9.37 Å². The van der Waals surface area contributed by atoms with Gasteiger partial charge < -0.3 is 10.2 Å². The molecule has 1 saturated heterocycles. The number of nitrogens with zero attached hydrogens (tertiary/aromatic N) is 2. The Bertz CT molecular complexity index is 454. The standard InChI is InChI=1S/C13H18FN3O/c1-8-6-17(7-9(8)2)13(18)10-4-5-16-12(15-3)11(10)14/h4-5,8-9H,6-7H2,1-3H3,(H,15,16). The summed E-state index contributed by atoms with van der Waals surface area (Å²) in [7, 11) is 1.58. The van der Waals surface area contributed by atoms with E-state index in [1.165, 1.54) is 12.3 Å². The van der Waals surface area contributed by atoms with Crippen LogP contribution in [-0.4, -0.2) is 35.9 Å². The first-order valence-electron chi connectivity index (χ1n) is 6.16. The zero-order valence-corrected chi connectivity index (χ0v) is 10.9. The smallest absolute Gasteiger partial charge is 0.257 e. The van der Waals surface area contributed by atoms with Gasteiger partial charge in [-0.15, -0.1) is 0 Å². The number of rotatable bonds is 2. The van der Waals surface area contributed by atoms with Gasteiger partial charge in [0.2, 0.25) is 0 Å². The molecule has 2 atom stereocenters. The molecule has 1 aromatic rings. The Morgan fingerprint density at radius 3 is 2.61 bits per heavy atom. The van der Waals surface area contributed by atoms with Crippen molar-refractivity contribution in [2.75, 3.05) is 25.5 Å². The number of halogens is 1. The molecule has 2 heterocycles. The SMILES string of the molecule is CNc1nccc(C(=O)N2CC(C)C(C)C2)c1F. The van der Waals surface area contributed by atoms with Crippen LogP contribution in [0.2, 0.25) is 0 Å². The highest BCUT2D eigenvalue weighted by Gasteiger charge is 2.31. The number of anilines is 1. The van der Waals surface area contributed by atoms with Crippen LogP contribution in [0.3, 0.4) is 0 Å². The van der Waals surface area contributed by atoms with Gasteiger partial charge in [0.25, 0.3) is 5.91 Å². The number of pyridine rings is 1. The summed E-state index contributed by atoms with van der Waals surface area (Å²) in [6, 6.07) is 1.44. The van der Waals surface area contributed by atoms with Crippen molar-refractivity contribution in [2.45, 2.75) is 13.8 Å². The second kappa shape index (κ2) is 4.92. The van der Waals surface area contributed by atoms with Crippen LogP contribution in [0.4, 0.5) is 10.2 Å². The molecule has 1 aromatic heterocycles. The molecule has 1 fully saturated rings. The maximum Gasteiger partial charge on any atom is 0.257 e. The van der Waals surface area contributed by atoms with Crippen molar-refractivity contribution in [3.8, 4) is 0 Å². The molecule has 1 amide bonds. The fraction of sp³-hybridized carbons (Fsp3) is 0.538. The Morgan fingerprint density at radius 1 is 1.44 bits per heavy atom. The van der Waals surface area contributed by atoms with Gasteiger partial charge >= 0.3 is 0 Å². The van der Waals surface area contributed by atoms with Crippen LogP contribution in [0.1, 0.15) is 24.2 Å². The van der Waals surface area contributed by atoms with Crippen molar-refractivity contribution in [3.05, 3.63) is 23.6 Å². The lowest BCUT2D eigenvalue weighted by molar-refractivity contribution is 0.0780. The maximum atomic E-state index is 14.0. The molecular weight excluding hydrogens is 233 g/mol. The molecule has 18 heavy (non-hydrogen) atoms. The number of nitrogens with one attached hydrogen (secondary N) is 1. The van der Waals surface area contributed by atoms with Crippen LogP contribution >= 0.6 is 0 Å². The van der Waals surface area contributed by atoms with Gasteiger partial charge in [-0.1, -0.05) is 13.8 Å². The van der Waals surface area contributed by atoms with Crippen molar-refractivity contribution in [3.63, 3.8) is 0 Å². The van der Waals surface area contributed by atoms with Gasteiger partial charge in [0, 0.05) is 26.3 Å². The number of likely N-dealkylation sites (tertiary alicyclic amines) is 1. The zero-order chi connectivity index (χ0) is 13.3. The van der Waals surface area contributed by atoms with E-state index in [1.54, 1.807) is 11.9 Å². The number of aromatic nitrogens is 1. The predicted octanol–water partition coefficient (Wildman–Crippen LogP) is 1.99. The van der Waals surface area contributed by atoms with Gasteiger partial charge in [-0.2, -0.15) is 0 Å². The van der Waals surface area contributed by atoms with Crippen LogP contribution < -0.4 is 5.32 Å². The Morgan fingerprint density at radius 2 is 2.06 bits per heavy atom. The van der Waals surface area contributed by atoms with Crippen LogP contribution in [0.5, 0.6) is 0 Å². The topological polar surface area (TPSA) is 45.2 Å². The van der Waals surface area contributed by atoms with Gasteiger partial charge in [0.1, 0.15) is 0 Å². The number of carbonyl (C=O) groups is 1. The average Bonchev–Trinajstić information content (AvgIpc) is 2.69. The second-order valence-electron chi connectivity index (χ2n) is 4.94. The van der Waals surface area contributed by atoms with Gasteiger partial charge in [-0.05, 0) is 17.9 Å². The molecule has 2 unspecified atom stereocenters. The Labute approximate surface area is 106 Å². The van der Waals surface area contributed by atoms with E-state index in [9.17, 15) is 9.18 Å². The van der Waals surface area contributed by atoms with E-state index in [4.69, 9.17) is 0 Å². The third kappa shape index (κ3) is 2.17. The minimum Gasteiger partial charge on any atom is -0.371 e. The molecule has 1 N–H and O–H groups in total. The highest BCUT2D eigenvalue weighted by Crippen LogP contribution is 2.25. The monoisotopic (exact) mass is 251 g/mol. The summed E-state index contributed by atoms with van der Waals surface area (Å²) in [6.07, 6.45) is 1.45. The fourth-order valence-electron chi connectivity index (χ4n) is 2.25. The van der Waals surface area contributed by atoms with Gasteiger partial charge in [-0.3, -0.25) is 4.79 Å². The van der Waals surface area contributed by atoms with E-state index < -0.39 is 5.82 Å². The Kier molecular flexibility index (Phi) is 3.50. The molecule has 2 rings (SSSR count). The first-order chi connectivity index (χ1) is 8.54. The minimum atomic E-state index is -0.572. The number of carbonyl (C=O) groups excluding carboxylic acids is 1. The number of hydrogen-bond acceptors (Lipinski definition) is 3. The molecule has 98 valence electrons. The number of amides is 1. The summed E-state index contributed by atoms with van der Waals surface area (Å²) in [6.45, 7) is 5.60. The number of hydrogen-bond donors (Lipinski definition) is 1. The molecule has 0 spiro atoms. The first-order valence-corrected chi connectivity index (χ1v) is 6.16. The van der Waals surface area contributed by atoms with Crippen molar-refractivity contribution < 1.29 is 9.18 Å². The highest BCUT2D eigenvalue weighted by atomic mass is 19.1. The van der Waals surface area contributed by atoms with Crippen molar-refractivity contribution in [2.24, 2.45) is 11.8 Å². The molecule has 0 bridgehead atoms. The van der Waals surface area contributed by atoms with Crippen LogP contribution in [0.15, 0.2) is 12.3 Å². The molecule has 0 aliphatic carbocycles. The lowest BCUT2D eigenvalue weighted by atomic mass is 10.0. The van der Waals surface area contributed by atoms with Crippen LogP contribution in [-0.2, 0) is 0 Å². The summed E-state index contributed by atoms with van der Waals surface area (Å²) in [5.41, 5.74) is 0.0932. The zero-order valence-electron chi connectivity index (χ0n) is 10.9. The third-order valence-electron chi connectivity index (χ3n) is 3.63. The van der Waals surface area contributed by atoms with E-state index in [-0.39, 0.29) is 17.3 Å². The first kappa shape index (κ1) is 12.8. The molecular formula is C13H18FN3O. The van der Waals surface area contributed by atoms with E-state index in [0.717, 1.165) is 0 Å². The second-order valence-corrected chi connectivity index (χ2v) is 4.94. The van der Waals surface area contributed by atoms with E-state index >= 15 is 0 Å². The average molecular weight is 251 g/mol. The molecule has 1 aliphatic rings. The summed E-state index contributed by atoms with van der Waals surface area (Å²) in [5.74, 6) is 0.214. The normalized spacial score (nSPS) is 23.2. The largest absolute Gasteiger partial charge is 0.371 e. The molecule has 5 heteroatoms. The molecule has 0 radical (unpaired) electrons. The third-order valence-corrected chi connectivity index (χ3v) is 3.63. The summed E-state index contributed by atoms with van der Waals surface area (Å²) >= 11 is 0. The van der Waals surface area contributed by atoms with E-state index in [0.29, 0.717) is 24.9 Å². The van der Waals surface area contributed by atoms with Crippen molar-refractivity contribution in [1.82, 2.24) is 9.88 Å². The molecule has 4 nitrogen and oxygen atoms in total. The maximum absolute atomic E-state index is 14.0. The molecule has 0 saturated carbocycles. The summed E-state index contributed by atoms with van der Waals surface area (Å²) < 4.78 is 14.0. The minimum absolute atomic E-state index is 0.0932. The van der Waals surface area contributed by atoms with Crippen LogP contribution in [0, 0.1) is 17.7 Å². The van der Waals surface area contributed by atoms with Crippen molar-refractivity contribution >= 4 is 11.7 Å². The summed E-state index contributed by atoms with van der Waals surface area (Å²) in [5, 5.41) is 2.64. The van der Waals surface area contributed by atoms with Crippen LogP contribution in [0.25, 0.3) is 0 Å². The quantitative estimate of drug-likeness (QED) is 0.874. The Hall–Kier alpha value is -1.65. The molecule has 0 aromatic carbocycles. The highest BCUT2D eigenvalue weighted by molar-refractivity contribution is 5.95. The van der Waals surface area contributed by atoms with Crippen molar-refractivity contribution in [1.29, 1.82) is 0 Å².